The Morgan fingerprint density at radius 2 is 1.74 bits per heavy atom. The Balaban J connectivity index is 1.35. The van der Waals surface area contributed by atoms with Gasteiger partial charge in [-0.25, -0.2) is 9.78 Å². The van der Waals surface area contributed by atoms with Crippen LogP contribution in [0.25, 0.3) is 11.1 Å². The molecule has 3 aromatic rings. The largest absolute Gasteiger partial charge is 0.496 e. The van der Waals surface area contributed by atoms with Gasteiger partial charge >= 0.3 is 12.3 Å². The number of amides is 1. The van der Waals surface area contributed by atoms with Crippen molar-refractivity contribution in [1.82, 2.24) is 9.88 Å². The number of hydrogen-bond donors (Lipinski definition) is 0. The lowest BCUT2D eigenvalue weighted by Gasteiger charge is -2.33. The zero-order valence-electron chi connectivity index (χ0n) is 24.0. The maximum absolute atomic E-state index is 13.4. The number of halogens is 3. The molecule has 0 bridgehead atoms. The van der Waals surface area contributed by atoms with Gasteiger partial charge in [0.05, 0.1) is 31.0 Å². The second-order valence-corrected chi connectivity index (χ2v) is 11.6. The van der Waals surface area contributed by atoms with E-state index in [1.54, 1.807) is 25.0 Å². The monoisotopic (exact) mass is 579 g/mol. The third kappa shape index (κ3) is 5.53. The van der Waals surface area contributed by atoms with Crippen molar-refractivity contribution in [1.29, 1.82) is 0 Å². The first-order chi connectivity index (χ1) is 20.2. The number of aromatic nitrogens is 1. The summed E-state index contributed by atoms with van der Waals surface area (Å²) >= 11 is 0. The molecule has 42 heavy (non-hydrogen) atoms. The molecule has 3 aliphatic rings. The number of methoxy groups -OCH3 is 1. The van der Waals surface area contributed by atoms with Gasteiger partial charge < -0.3 is 14.4 Å². The van der Waals surface area contributed by atoms with Gasteiger partial charge in [0.25, 0.3) is 0 Å². The van der Waals surface area contributed by atoms with E-state index in [4.69, 9.17) is 14.5 Å². The molecule has 1 amide bonds. The van der Waals surface area contributed by atoms with Crippen LogP contribution in [0.4, 0.5) is 23.8 Å². The number of carbonyl (C=O) groups is 1. The van der Waals surface area contributed by atoms with E-state index >= 15 is 0 Å². The van der Waals surface area contributed by atoms with Gasteiger partial charge in [0.15, 0.2) is 0 Å². The van der Waals surface area contributed by atoms with Crippen molar-refractivity contribution in [3.05, 3.63) is 77.0 Å². The highest BCUT2D eigenvalue weighted by Crippen LogP contribution is 2.41. The highest BCUT2D eigenvalue weighted by atomic mass is 19.4. The van der Waals surface area contributed by atoms with Crippen LogP contribution in [0.5, 0.6) is 5.75 Å². The molecule has 2 aliphatic heterocycles. The van der Waals surface area contributed by atoms with Gasteiger partial charge in [-0.3, -0.25) is 4.90 Å². The SMILES string of the molecule is COc1ccc(C2CCCCC2)cc1-c1ccc(N2CCC2)nc1CN1C(=O)O[C@H](c2cccc(C(F)(F)F)c2)[C@@H]1C. The Kier molecular flexibility index (Phi) is 7.77. The lowest BCUT2D eigenvalue weighted by molar-refractivity contribution is -0.137. The molecule has 0 spiro atoms. The van der Waals surface area contributed by atoms with E-state index in [1.165, 1.54) is 43.7 Å². The minimum Gasteiger partial charge on any atom is -0.496 e. The lowest BCUT2D eigenvalue weighted by atomic mass is 9.83. The minimum atomic E-state index is -4.48. The molecule has 9 heteroatoms. The second kappa shape index (κ2) is 11.5. The Labute approximate surface area is 244 Å². The van der Waals surface area contributed by atoms with Crippen molar-refractivity contribution in [3.63, 3.8) is 0 Å². The van der Waals surface area contributed by atoms with Crippen molar-refractivity contribution in [2.45, 2.75) is 76.2 Å². The van der Waals surface area contributed by atoms with E-state index < -0.39 is 30.0 Å². The van der Waals surface area contributed by atoms with Gasteiger partial charge in [-0.1, -0.05) is 37.5 Å². The van der Waals surface area contributed by atoms with Crippen LogP contribution in [0.15, 0.2) is 54.6 Å². The first-order valence-electron chi connectivity index (χ1n) is 14.8. The molecule has 6 nitrogen and oxygen atoms in total. The quantitative estimate of drug-likeness (QED) is 0.283. The molecule has 2 saturated heterocycles. The van der Waals surface area contributed by atoms with E-state index in [-0.39, 0.29) is 6.54 Å². The predicted octanol–water partition coefficient (Wildman–Crippen LogP) is 8.12. The molecule has 1 aromatic heterocycles. The van der Waals surface area contributed by atoms with Crippen molar-refractivity contribution in [2.24, 2.45) is 0 Å². The van der Waals surface area contributed by atoms with Crippen molar-refractivity contribution >= 4 is 11.9 Å². The number of rotatable bonds is 7. The molecule has 0 unspecified atom stereocenters. The van der Waals surface area contributed by atoms with Crippen molar-refractivity contribution < 1.29 is 27.4 Å². The summed E-state index contributed by atoms with van der Waals surface area (Å²) in [5.74, 6) is 2.08. The molecule has 1 aliphatic carbocycles. The number of nitrogens with zero attached hydrogens (tertiary/aromatic N) is 3. The third-order valence-corrected chi connectivity index (χ3v) is 8.98. The van der Waals surface area contributed by atoms with E-state index in [9.17, 15) is 18.0 Å². The smallest absolute Gasteiger partial charge is 0.416 e. The van der Waals surface area contributed by atoms with Gasteiger partial charge in [-0.05, 0) is 79.6 Å². The lowest BCUT2D eigenvalue weighted by Crippen LogP contribution is -2.38. The summed E-state index contributed by atoms with van der Waals surface area (Å²) in [6.07, 6.45) is 1.28. The standard InChI is InChI=1S/C33H36F3N3O3/c1-21-31(24-10-6-11-25(18-24)33(34,35)36)42-32(40)39(21)20-28-26(13-15-30(37-28)38-16-7-17-38)27-19-23(12-14-29(27)41-2)22-8-4-3-5-9-22/h6,10-15,18-19,21-22,31H,3-5,7-9,16-17,20H2,1-2H3/t21-,31-/m0/s1. The fraction of sp³-hybridized carbons (Fsp3) is 0.455. The number of benzene rings is 2. The fourth-order valence-corrected chi connectivity index (χ4v) is 6.42. The van der Waals surface area contributed by atoms with Gasteiger partial charge in [0.1, 0.15) is 17.7 Å². The van der Waals surface area contributed by atoms with E-state index in [0.29, 0.717) is 17.2 Å². The Hall–Kier alpha value is -3.75. The maximum Gasteiger partial charge on any atom is 0.416 e. The Morgan fingerprint density at radius 1 is 0.952 bits per heavy atom. The minimum absolute atomic E-state index is 0.156. The average Bonchev–Trinajstić information content (AvgIpc) is 3.25. The van der Waals surface area contributed by atoms with E-state index in [2.05, 4.69) is 23.1 Å². The zero-order chi connectivity index (χ0) is 29.4. The zero-order valence-corrected chi connectivity index (χ0v) is 24.0. The normalized spacial score (nSPS) is 21.3. The number of carbonyl (C=O) groups excluding carboxylic acids is 1. The number of hydrogen-bond acceptors (Lipinski definition) is 5. The molecule has 6 rings (SSSR count). The maximum atomic E-state index is 13.4. The molecule has 1 saturated carbocycles. The second-order valence-electron chi connectivity index (χ2n) is 11.6. The van der Waals surface area contributed by atoms with Crippen LogP contribution in [0.3, 0.4) is 0 Å². The Bertz CT molecular complexity index is 1450. The molecule has 0 N–H and O–H groups in total. The summed E-state index contributed by atoms with van der Waals surface area (Å²) < 4.78 is 51.7. The van der Waals surface area contributed by atoms with Crippen LogP contribution in [-0.4, -0.2) is 42.2 Å². The van der Waals surface area contributed by atoms with E-state index in [1.807, 2.05) is 12.1 Å². The number of anilines is 1. The molecule has 2 aromatic carbocycles. The Morgan fingerprint density at radius 3 is 2.43 bits per heavy atom. The predicted molar refractivity (Wildman–Crippen MR) is 155 cm³/mol. The number of ether oxygens (including phenoxy) is 2. The summed E-state index contributed by atoms with van der Waals surface area (Å²) in [7, 11) is 1.65. The summed E-state index contributed by atoms with van der Waals surface area (Å²) in [6, 6.07) is 14.9. The molecular formula is C33H36F3N3O3. The van der Waals surface area contributed by atoms with Gasteiger partial charge in [0.2, 0.25) is 0 Å². The first kappa shape index (κ1) is 28.4. The molecule has 222 valence electrons. The van der Waals surface area contributed by atoms with Crippen molar-refractivity contribution in [2.75, 3.05) is 25.1 Å². The van der Waals surface area contributed by atoms with Crippen molar-refractivity contribution in [3.8, 4) is 16.9 Å². The molecular weight excluding hydrogens is 543 g/mol. The highest BCUT2D eigenvalue weighted by Gasteiger charge is 2.41. The van der Waals surface area contributed by atoms with Crippen LogP contribution in [0.1, 0.15) is 79.9 Å². The van der Waals surface area contributed by atoms with Crippen LogP contribution < -0.4 is 9.64 Å². The number of pyridine rings is 1. The number of cyclic esters (lactones) is 1. The third-order valence-electron chi connectivity index (χ3n) is 8.98. The summed E-state index contributed by atoms with van der Waals surface area (Å²) in [5.41, 5.74) is 3.33. The molecule has 3 fully saturated rings. The van der Waals surface area contributed by atoms with Gasteiger partial charge in [-0.15, -0.1) is 0 Å². The van der Waals surface area contributed by atoms with Crippen LogP contribution in [0.2, 0.25) is 0 Å². The summed E-state index contributed by atoms with van der Waals surface area (Å²) in [5, 5.41) is 0. The fourth-order valence-electron chi connectivity index (χ4n) is 6.42. The van der Waals surface area contributed by atoms with Crippen LogP contribution in [-0.2, 0) is 17.5 Å². The van der Waals surface area contributed by atoms with E-state index in [0.717, 1.165) is 54.3 Å². The molecule has 0 radical (unpaired) electrons. The molecule has 2 atom stereocenters. The molecule has 3 heterocycles. The number of alkyl halides is 3. The first-order valence-corrected chi connectivity index (χ1v) is 14.8. The summed E-state index contributed by atoms with van der Waals surface area (Å²) in [4.78, 5) is 22.0. The summed E-state index contributed by atoms with van der Waals surface area (Å²) in [6.45, 7) is 3.81. The highest BCUT2D eigenvalue weighted by molar-refractivity contribution is 5.76. The van der Waals surface area contributed by atoms with Crippen LogP contribution in [0, 0.1) is 0 Å². The topological polar surface area (TPSA) is 54.9 Å². The average molecular weight is 580 g/mol. The van der Waals surface area contributed by atoms with Crippen LogP contribution >= 0.6 is 0 Å². The van der Waals surface area contributed by atoms with Gasteiger partial charge in [-0.2, -0.15) is 13.2 Å². The van der Waals surface area contributed by atoms with Gasteiger partial charge in [0, 0.05) is 24.2 Å².